The first kappa shape index (κ1) is 20.9. The summed E-state index contributed by atoms with van der Waals surface area (Å²) in [5.41, 5.74) is 3.26. The molecule has 150 valence electrons. The molecular weight excluding hydrogens is 408 g/mol. The zero-order valence-electron chi connectivity index (χ0n) is 16.1. The lowest BCUT2D eigenvalue weighted by Gasteiger charge is -2.12. The number of anilines is 2. The lowest BCUT2D eigenvalue weighted by Crippen LogP contribution is -2.15. The largest absolute Gasteiger partial charge is 0.322 e. The molecule has 0 unspecified atom stereocenters. The van der Waals surface area contributed by atoms with E-state index < -0.39 is 10.0 Å². The standard InChI is InChI=1S/C22H21ClN2O3S/c1-3-16-4-10-19(11-5-16)25-29(27,28)20-12-13-21(15(2)14-20)24-22(26)17-6-8-18(23)9-7-17/h4-14,25H,3H2,1-2H3,(H,24,26). The number of nitrogens with one attached hydrogen (secondary N) is 2. The van der Waals surface area contributed by atoms with E-state index in [1.165, 1.54) is 12.1 Å². The van der Waals surface area contributed by atoms with Crippen molar-refractivity contribution in [2.75, 3.05) is 10.0 Å². The molecule has 0 aromatic heterocycles. The molecule has 1 amide bonds. The summed E-state index contributed by atoms with van der Waals surface area (Å²) in [6.45, 7) is 3.78. The topological polar surface area (TPSA) is 75.3 Å². The molecule has 0 aliphatic heterocycles. The SMILES string of the molecule is CCc1ccc(NS(=O)(=O)c2ccc(NC(=O)c3ccc(Cl)cc3)c(C)c2)cc1. The highest BCUT2D eigenvalue weighted by Gasteiger charge is 2.16. The highest BCUT2D eigenvalue weighted by molar-refractivity contribution is 7.92. The van der Waals surface area contributed by atoms with Gasteiger partial charge in [-0.3, -0.25) is 9.52 Å². The summed E-state index contributed by atoms with van der Waals surface area (Å²) in [6.07, 6.45) is 0.884. The van der Waals surface area contributed by atoms with Gasteiger partial charge in [-0.15, -0.1) is 0 Å². The van der Waals surface area contributed by atoms with Gasteiger partial charge in [0.25, 0.3) is 15.9 Å². The van der Waals surface area contributed by atoms with Crippen LogP contribution in [0, 0.1) is 6.92 Å². The minimum Gasteiger partial charge on any atom is -0.322 e. The van der Waals surface area contributed by atoms with E-state index >= 15 is 0 Å². The minimum atomic E-state index is -3.73. The normalized spacial score (nSPS) is 11.1. The number of sulfonamides is 1. The van der Waals surface area contributed by atoms with Crippen molar-refractivity contribution in [2.24, 2.45) is 0 Å². The fourth-order valence-corrected chi connectivity index (χ4v) is 4.03. The van der Waals surface area contributed by atoms with Crippen LogP contribution in [0.3, 0.4) is 0 Å². The summed E-state index contributed by atoms with van der Waals surface area (Å²) in [7, 11) is -3.73. The van der Waals surface area contributed by atoms with Crippen molar-refractivity contribution in [1.82, 2.24) is 0 Å². The van der Waals surface area contributed by atoms with Gasteiger partial charge in [0.1, 0.15) is 0 Å². The number of hydrogen-bond acceptors (Lipinski definition) is 3. The van der Waals surface area contributed by atoms with Gasteiger partial charge >= 0.3 is 0 Å². The van der Waals surface area contributed by atoms with E-state index in [1.54, 1.807) is 49.4 Å². The first-order chi connectivity index (χ1) is 13.8. The maximum atomic E-state index is 12.7. The third-order valence-corrected chi connectivity index (χ3v) is 6.11. The predicted octanol–water partition coefficient (Wildman–Crippen LogP) is 5.26. The highest BCUT2D eigenvalue weighted by atomic mass is 35.5. The quantitative estimate of drug-likeness (QED) is 0.562. The van der Waals surface area contributed by atoms with E-state index in [9.17, 15) is 13.2 Å². The molecule has 0 aliphatic rings. The lowest BCUT2D eigenvalue weighted by molar-refractivity contribution is 0.102. The maximum absolute atomic E-state index is 12.7. The van der Waals surface area contributed by atoms with E-state index in [1.807, 2.05) is 19.1 Å². The number of amides is 1. The summed E-state index contributed by atoms with van der Waals surface area (Å²) in [5.74, 6) is -0.297. The predicted molar refractivity (Wildman–Crippen MR) is 117 cm³/mol. The number of aryl methyl sites for hydroxylation is 2. The van der Waals surface area contributed by atoms with Crippen LogP contribution in [-0.2, 0) is 16.4 Å². The van der Waals surface area contributed by atoms with E-state index in [0.29, 0.717) is 27.5 Å². The van der Waals surface area contributed by atoms with Crippen LogP contribution in [0.25, 0.3) is 0 Å². The van der Waals surface area contributed by atoms with Crippen LogP contribution in [0.15, 0.2) is 71.6 Å². The molecule has 0 bridgehead atoms. The van der Waals surface area contributed by atoms with Gasteiger partial charge in [0.15, 0.2) is 0 Å². The number of rotatable bonds is 6. The Hall–Kier alpha value is -2.83. The third kappa shape index (κ3) is 5.16. The summed E-state index contributed by atoms with van der Waals surface area (Å²) >= 11 is 5.84. The van der Waals surface area contributed by atoms with Crippen molar-refractivity contribution in [3.05, 3.63) is 88.4 Å². The van der Waals surface area contributed by atoms with E-state index in [2.05, 4.69) is 10.0 Å². The number of carbonyl (C=O) groups excluding carboxylic acids is 1. The Labute approximate surface area is 175 Å². The van der Waals surface area contributed by atoms with Gasteiger partial charge in [-0.25, -0.2) is 8.42 Å². The second-order valence-corrected chi connectivity index (χ2v) is 8.71. The molecular formula is C22H21ClN2O3S. The van der Waals surface area contributed by atoms with E-state index in [0.717, 1.165) is 12.0 Å². The first-order valence-corrected chi connectivity index (χ1v) is 10.9. The molecule has 29 heavy (non-hydrogen) atoms. The average molecular weight is 429 g/mol. The summed E-state index contributed by atoms with van der Waals surface area (Å²) < 4.78 is 27.9. The molecule has 0 aliphatic carbocycles. The van der Waals surface area contributed by atoms with Crippen molar-refractivity contribution in [3.8, 4) is 0 Å². The van der Waals surface area contributed by atoms with E-state index in [4.69, 9.17) is 11.6 Å². The van der Waals surface area contributed by atoms with Gasteiger partial charge in [0.05, 0.1) is 4.90 Å². The Kier molecular flexibility index (Phi) is 6.25. The zero-order chi connectivity index (χ0) is 21.0. The molecule has 0 atom stereocenters. The van der Waals surface area contributed by atoms with Crippen molar-refractivity contribution < 1.29 is 13.2 Å². The van der Waals surface area contributed by atoms with Gasteiger partial charge < -0.3 is 5.32 Å². The molecule has 3 aromatic carbocycles. The third-order valence-electron chi connectivity index (χ3n) is 4.48. The minimum absolute atomic E-state index is 0.124. The summed E-state index contributed by atoms with van der Waals surface area (Å²) in [5, 5.41) is 3.34. The molecule has 0 heterocycles. The Balaban J connectivity index is 1.76. The van der Waals surface area contributed by atoms with Crippen molar-refractivity contribution in [3.63, 3.8) is 0 Å². The molecule has 0 saturated heterocycles. The zero-order valence-corrected chi connectivity index (χ0v) is 17.6. The summed E-state index contributed by atoms with van der Waals surface area (Å²) in [6, 6.07) is 18.4. The first-order valence-electron chi connectivity index (χ1n) is 9.08. The molecule has 7 heteroatoms. The van der Waals surface area contributed by atoms with Crippen LogP contribution in [0.5, 0.6) is 0 Å². The molecule has 0 fully saturated rings. The molecule has 3 rings (SSSR count). The van der Waals surface area contributed by atoms with Crippen LogP contribution in [0.4, 0.5) is 11.4 Å². The monoisotopic (exact) mass is 428 g/mol. The van der Waals surface area contributed by atoms with Crippen molar-refractivity contribution in [2.45, 2.75) is 25.2 Å². The smallest absolute Gasteiger partial charge is 0.261 e. The fourth-order valence-electron chi connectivity index (χ4n) is 2.76. The van der Waals surface area contributed by atoms with Crippen LogP contribution in [-0.4, -0.2) is 14.3 Å². The maximum Gasteiger partial charge on any atom is 0.261 e. The number of hydrogen-bond donors (Lipinski definition) is 2. The van der Waals surface area contributed by atoms with Gasteiger partial charge in [-0.05, 0) is 79.1 Å². The van der Waals surface area contributed by atoms with Gasteiger partial charge in [-0.1, -0.05) is 30.7 Å². The second-order valence-electron chi connectivity index (χ2n) is 6.59. The fraction of sp³-hybridized carbons (Fsp3) is 0.136. The number of halogens is 1. The Morgan fingerprint density at radius 1 is 0.966 bits per heavy atom. The van der Waals surface area contributed by atoms with Crippen LogP contribution < -0.4 is 10.0 Å². The molecule has 0 saturated carbocycles. The van der Waals surface area contributed by atoms with E-state index in [-0.39, 0.29) is 10.8 Å². The molecule has 0 radical (unpaired) electrons. The molecule has 2 N–H and O–H groups in total. The molecule has 5 nitrogen and oxygen atoms in total. The summed E-state index contributed by atoms with van der Waals surface area (Å²) in [4.78, 5) is 12.5. The van der Waals surface area contributed by atoms with Crippen LogP contribution in [0.2, 0.25) is 5.02 Å². The average Bonchev–Trinajstić information content (AvgIpc) is 2.70. The Morgan fingerprint density at radius 2 is 1.62 bits per heavy atom. The van der Waals surface area contributed by atoms with Crippen molar-refractivity contribution >= 4 is 38.9 Å². The lowest BCUT2D eigenvalue weighted by atomic mass is 10.1. The second kappa shape index (κ2) is 8.68. The van der Waals surface area contributed by atoms with Crippen molar-refractivity contribution in [1.29, 1.82) is 0 Å². The Bertz CT molecular complexity index is 1130. The van der Waals surface area contributed by atoms with Gasteiger partial charge in [-0.2, -0.15) is 0 Å². The number of carbonyl (C=O) groups is 1. The molecule has 3 aromatic rings. The van der Waals surface area contributed by atoms with Crippen LogP contribution >= 0.6 is 11.6 Å². The molecule has 0 spiro atoms. The highest BCUT2D eigenvalue weighted by Crippen LogP contribution is 2.23. The number of benzene rings is 3. The van der Waals surface area contributed by atoms with Crippen LogP contribution in [0.1, 0.15) is 28.4 Å². The Morgan fingerprint density at radius 3 is 2.21 bits per heavy atom. The van der Waals surface area contributed by atoms with Gasteiger partial charge in [0, 0.05) is 22.0 Å². The van der Waals surface area contributed by atoms with Gasteiger partial charge in [0.2, 0.25) is 0 Å².